The summed E-state index contributed by atoms with van der Waals surface area (Å²) in [5.74, 6) is 0.120. The van der Waals surface area contributed by atoms with Crippen molar-refractivity contribution in [2.75, 3.05) is 19.0 Å². The summed E-state index contributed by atoms with van der Waals surface area (Å²) in [5.41, 5.74) is 3.32. The molecule has 2 N–H and O–H groups in total. The highest BCUT2D eigenvalue weighted by molar-refractivity contribution is 5.97. The summed E-state index contributed by atoms with van der Waals surface area (Å²) in [6.07, 6.45) is 0.203. The van der Waals surface area contributed by atoms with E-state index in [0.29, 0.717) is 11.3 Å². The van der Waals surface area contributed by atoms with Crippen molar-refractivity contribution in [1.29, 1.82) is 0 Å². The number of anilines is 1. The molecule has 0 aliphatic carbocycles. The third-order valence-electron chi connectivity index (χ3n) is 3.73. The van der Waals surface area contributed by atoms with E-state index in [2.05, 4.69) is 10.6 Å². The van der Waals surface area contributed by atoms with Crippen LogP contribution in [0.1, 0.15) is 27.9 Å². The Balaban J connectivity index is 1.88. The Morgan fingerprint density at radius 1 is 1.00 bits per heavy atom. The van der Waals surface area contributed by atoms with Crippen molar-refractivity contribution in [3.05, 3.63) is 59.2 Å². The number of aryl methyl sites for hydroxylation is 2. The van der Waals surface area contributed by atoms with Gasteiger partial charge in [-0.05, 0) is 37.1 Å². The maximum absolute atomic E-state index is 12.1. The van der Waals surface area contributed by atoms with Crippen LogP contribution in [0.2, 0.25) is 0 Å². The van der Waals surface area contributed by atoms with Gasteiger partial charge in [-0.1, -0.05) is 30.3 Å². The molecule has 2 aromatic carbocycles. The van der Waals surface area contributed by atoms with Crippen LogP contribution in [0.4, 0.5) is 5.69 Å². The topological polar surface area (TPSA) is 67.4 Å². The van der Waals surface area contributed by atoms with Crippen molar-refractivity contribution in [2.24, 2.45) is 0 Å². The maximum Gasteiger partial charge on any atom is 0.255 e. The highest BCUT2D eigenvalue weighted by Crippen LogP contribution is 2.19. The molecule has 0 aromatic heterocycles. The van der Waals surface area contributed by atoms with Crippen molar-refractivity contribution in [1.82, 2.24) is 5.32 Å². The van der Waals surface area contributed by atoms with Crippen LogP contribution in [0.15, 0.2) is 42.5 Å². The van der Waals surface area contributed by atoms with Gasteiger partial charge in [-0.15, -0.1) is 0 Å². The molecule has 0 spiro atoms. The molecule has 0 heterocycles. The second-order valence-corrected chi connectivity index (χ2v) is 5.52. The Morgan fingerprint density at radius 3 is 2.33 bits per heavy atom. The van der Waals surface area contributed by atoms with Crippen LogP contribution in [0, 0.1) is 13.8 Å². The van der Waals surface area contributed by atoms with Gasteiger partial charge in [-0.2, -0.15) is 0 Å². The number of methoxy groups -OCH3 is 1. The zero-order valence-electron chi connectivity index (χ0n) is 14.2. The van der Waals surface area contributed by atoms with Crippen LogP contribution in [-0.2, 0) is 4.79 Å². The van der Waals surface area contributed by atoms with Crippen molar-refractivity contribution >= 4 is 17.5 Å². The van der Waals surface area contributed by atoms with Gasteiger partial charge in [0.15, 0.2) is 0 Å². The van der Waals surface area contributed by atoms with E-state index < -0.39 is 0 Å². The van der Waals surface area contributed by atoms with E-state index in [1.165, 1.54) is 7.11 Å². The van der Waals surface area contributed by atoms with Gasteiger partial charge >= 0.3 is 0 Å². The first-order valence-corrected chi connectivity index (χ1v) is 7.80. The van der Waals surface area contributed by atoms with Crippen LogP contribution in [0.3, 0.4) is 0 Å². The molecule has 2 amide bonds. The lowest BCUT2D eigenvalue weighted by atomic mass is 10.1. The van der Waals surface area contributed by atoms with Crippen LogP contribution in [0.5, 0.6) is 5.75 Å². The average molecular weight is 326 g/mol. The van der Waals surface area contributed by atoms with Gasteiger partial charge in [0.1, 0.15) is 5.75 Å². The first kappa shape index (κ1) is 17.5. The summed E-state index contributed by atoms with van der Waals surface area (Å²) in [7, 11) is 1.52. The van der Waals surface area contributed by atoms with Crippen molar-refractivity contribution < 1.29 is 14.3 Å². The summed E-state index contributed by atoms with van der Waals surface area (Å²) < 4.78 is 5.16. The summed E-state index contributed by atoms with van der Waals surface area (Å²) in [5, 5.41) is 5.64. The second kappa shape index (κ2) is 8.15. The number of benzene rings is 2. The predicted octanol–water partition coefficient (Wildman–Crippen LogP) is 3.07. The zero-order valence-corrected chi connectivity index (χ0v) is 14.2. The quantitative estimate of drug-likeness (QED) is 0.857. The molecule has 0 saturated carbocycles. The molecule has 24 heavy (non-hydrogen) atoms. The van der Waals surface area contributed by atoms with E-state index in [0.717, 1.165) is 16.8 Å². The molecule has 0 unspecified atom stereocenters. The summed E-state index contributed by atoms with van der Waals surface area (Å²) in [6, 6.07) is 12.8. The van der Waals surface area contributed by atoms with E-state index in [1.54, 1.807) is 24.3 Å². The number of rotatable bonds is 6. The van der Waals surface area contributed by atoms with Gasteiger partial charge in [0, 0.05) is 18.7 Å². The van der Waals surface area contributed by atoms with Crippen molar-refractivity contribution in [3.63, 3.8) is 0 Å². The molecule has 126 valence electrons. The predicted molar refractivity (Wildman–Crippen MR) is 94.5 cm³/mol. The average Bonchev–Trinajstić information content (AvgIpc) is 2.58. The first-order chi connectivity index (χ1) is 11.5. The lowest BCUT2D eigenvalue weighted by Crippen LogP contribution is -2.28. The van der Waals surface area contributed by atoms with Gasteiger partial charge in [-0.3, -0.25) is 9.59 Å². The van der Waals surface area contributed by atoms with Crippen LogP contribution in [0.25, 0.3) is 0 Å². The smallest absolute Gasteiger partial charge is 0.255 e. The number of nitrogens with one attached hydrogen (secondary N) is 2. The molecule has 0 atom stereocenters. The number of ether oxygens (including phenoxy) is 1. The molecular weight excluding hydrogens is 304 g/mol. The Bertz CT molecular complexity index is 721. The van der Waals surface area contributed by atoms with Crippen LogP contribution < -0.4 is 15.4 Å². The van der Waals surface area contributed by atoms with E-state index in [1.807, 2.05) is 32.0 Å². The standard InChI is InChI=1S/C19H22N2O3/c1-13-7-6-8-14(2)18(13)21-17(22)11-12-20-19(23)15-9-4-5-10-16(15)24-3/h4-10H,11-12H2,1-3H3,(H,20,23)(H,21,22). The molecule has 5 nitrogen and oxygen atoms in total. The van der Waals surface area contributed by atoms with Gasteiger partial charge in [0.2, 0.25) is 5.91 Å². The number of amides is 2. The minimum Gasteiger partial charge on any atom is -0.496 e. The molecule has 0 saturated heterocycles. The van der Waals surface area contributed by atoms with Crippen LogP contribution in [-0.4, -0.2) is 25.5 Å². The van der Waals surface area contributed by atoms with E-state index in [-0.39, 0.29) is 24.8 Å². The van der Waals surface area contributed by atoms with Crippen LogP contribution >= 0.6 is 0 Å². The molecule has 0 bridgehead atoms. The lowest BCUT2D eigenvalue weighted by Gasteiger charge is -2.12. The number of hydrogen-bond acceptors (Lipinski definition) is 3. The van der Waals surface area contributed by atoms with Gasteiger partial charge in [0.05, 0.1) is 12.7 Å². The third-order valence-corrected chi connectivity index (χ3v) is 3.73. The Hall–Kier alpha value is -2.82. The van der Waals surface area contributed by atoms with Gasteiger partial charge < -0.3 is 15.4 Å². The monoisotopic (exact) mass is 326 g/mol. The maximum atomic E-state index is 12.1. The van der Waals surface area contributed by atoms with Gasteiger partial charge in [0.25, 0.3) is 5.91 Å². The molecule has 0 aliphatic rings. The molecule has 2 rings (SSSR count). The summed E-state index contributed by atoms with van der Waals surface area (Å²) >= 11 is 0. The van der Waals surface area contributed by atoms with Crippen molar-refractivity contribution in [3.8, 4) is 5.75 Å². The molecular formula is C19H22N2O3. The van der Waals surface area contributed by atoms with Crippen molar-refractivity contribution in [2.45, 2.75) is 20.3 Å². The zero-order chi connectivity index (χ0) is 17.5. The minimum absolute atomic E-state index is 0.132. The highest BCUT2D eigenvalue weighted by atomic mass is 16.5. The molecule has 0 fully saturated rings. The molecule has 5 heteroatoms. The third kappa shape index (κ3) is 4.35. The molecule has 0 aliphatic heterocycles. The fourth-order valence-corrected chi connectivity index (χ4v) is 2.43. The highest BCUT2D eigenvalue weighted by Gasteiger charge is 2.12. The summed E-state index contributed by atoms with van der Waals surface area (Å²) in [4.78, 5) is 24.2. The summed E-state index contributed by atoms with van der Waals surface area (Å²) in [6.45, 7) is 4.16. The van der Waals surface area contributed by atoms with Gasteiger partial charge in [-0.25, -0.2) is 0 Å². The normalized spacial score (nSPS) is 10.1. The lowest BCUT2D eigenvalue weighted by molar-refractivity contribution is -0.116. The Kier molecular flexibility index (Phi) is 5.95. The fourth-order valence-electron chi connectivity index (χ4n) is 2.43. The fraction of sp³-hybridized carbons (Fsp3) is 0.263. The SMILES string of the molecule is COc1ccccc1C(=O)NCCC(=O)Nc1c(C)cccc1C. The number of hydrogen-bond donors (Lipinski definition) is 2. The first-order valence-electron chi connectivity index (χ1n) is 7.80. The number of para-hydroxylation sites is 2. The molecule has 0 radical (unpaired) electrons. The second-order valence-electron chi connectivity index (χ2n) is 5.52. The van der Waals surface area contributed by atoms with E-state index in [4.69, 9.17) is 4.74 Å². The molecule has 2 aromatic rings. The Labute approximate surface area is 142 Å². The Morgan fingerprint density at radius 2 is 1.67 bits per heavy atom. The number of carbonyl (C=O) groups is 2. The minimum atomic E-state index is -0.257. The largest absolute Gasteiger partial charge is 0.496 e. The van der Waals surface area contributed by atoms with E-state index >= 15 is 0 Å². The van der Waals surface area contributed by atoms with E-state index in [9.17, 15) is 9.59 Å². The number of carbonyl (C=O) groups excluding carboxylic acids is 2.